The van der Waals surface area contributed by atoms with E-state index >= 15 is 0 Å². The molecule has 2 aromatic rings. The van der Waals surface area contributed by atoms with Gasteiger partial charge in [-0.25, -0.2) is 4.98 Å². The third kappa shape index (κ3) is 2.33. The van der Waals surface area contributed by atoms with E-state index in [4.69, 9.17) is 0 Å². The van der Waals surface area contributed by atoms with Crippen LogP contribution in [0.4, 0.5) is 0 Å². The first-order valence-electron chi connectivity index (χ1n) is 6.26. The molecule has 0 bridgehead atoms. The Bertz CT molecular complexity index is 485. The van der Waals surface area contributed by atoms with Crippen LogP contribution < -0.4 is 5.32 Å². The number of hydrogen-bond donors (Lipinski definition) is 1. The van der Waals surface area contributed by atoms with Crippen molar-refractivity contribution >= 4 is 11.0 Å². The number of hydrogen-bond acceptors (Lipinski definition) is 3. The Balaban J connectivity index is 1.68. The minimum absolute atomic E-state index is 1.03. The summed E-state index contributed by atoms with van der Waals surface area (Å²) in [5.74, 6) is 0. The molecule has 0 unspecified atom stereocenters. The number of benzene rings is 1. The Morgan fingerprint density at radius 2 is 1.94 bits per heavy atom. The first-order chi connectivity index (χ1) is 8.43. The summed E-state index contributed by atoms with van der Waals surface area (Å²) in [6.07, 6.45) is 1.95. The Morgan fingerprint density at radius 1 is 1.12 bits per heavy atom. The zero-order valence-electron chi connectivity index (χ0n) is 9.97. The minimum atomic E-state index is 1.03. The Labute approximate surface area is 101 Å². The number of imidazole rings is 1. The predicted molar refractivity (Wildman–Crippen MR) is 69.0 cm³/mol. The fourth-order valence-corrected chi connectivity index (χ4v) is 2.37. The molecule has 1 saturated heterocycles. The molecule has 17 heavy (non-hydrogen) atoms. The lowest BCUT2D eigenvalue weighted by Gasteiger charge is -2.27. The van der Waals surface area contributed by atoms with E-state index < -0.39 is 0 Å². The third-order valence-corrected chi connectivity index (χ3v) is 3.39. The largest absolute Gasteiger partial charge is 0.329 e. The summed E-state index contributed by atoms with van der Waals surface area (Å²) in [5, 5.41) is 3.38. The van der Waals surface area contributed by atoms with Crippen LogP contribution in [0.25, 0.3) is 11.0 Å². The Kier molecular flexibility index (Phi) is 3.07. The Morgan fingerprint density at radius 3 is 2.82 bits per heavy atom. The second-order valence-electron chi connectivity index (χ2n) is 4.52. The molecule has 1 aromatic carbocycles. The van der Waals surface area contributed by atoms with E-state index in [0.717, 1.165) is 44.8 Å². The minimum Gasteiger partial charge on any atom is -0.329 e. The van der Waals surface area contributed by atoms with Crippen LogP contribution in [-0.2, 0) is 6.54 Å². The van der Waals surface area contributed by atoms with Gasteiger partial charge in [0.1, 0.15) is 0 Å². The van der Waals surface area contributed by atoms with Crippen molar-refractivity contribution in [1.29, 1.82) is 0 Å². The first kappa shape index (κ1) is 10.7. The second kappa shape index (κ2) is 4.85. The molecule has 1 aliphatic rings. The fourth-order valence-electron chi connectivity index (χ4n) is 2.37. The van der Waals surface area contributed by atoms with Gasteiger partial charge in [-0.15, -0.1) is 0 Å². The quantitative estimate of drug-likeness (QED) is 0.852. The van der Waals surface area contributed by atoms with Crippen LogP contribution in [0.2, 0.25) is 0 Å². The van der Waals surface area contributed by atoms with Gasteiger partial charge in [0.2, 0.25) is 0 Å². The summed E-state index contributed by atoms with van der Waals surface area (Å²) in [7, 11) is 0. The maximum absolute atomic E-state index is 4.41. The summed E-state index contributed by atoms with van der Waals surface area (Å²) >= 11 is 0. The monoisotopic (exact) mass is 230 g/mol. The standard InChI is InChI=1S/C13H18N4/c1-2-4-13-12(3-1)15-11-17(13)10-9-16-7-5-14-6-8-16/h1-4,11,14H,5-10H2. The van der Waals surface area contributed by atoms with Gasteiger partial charge in [0, 0.05) is 39.3 Å². The summed E-state index contributed by atoms with van der Waals surface area (Å²) in [6, 6.07) is 8.32. The molecule has 0 saturated carbocycles. The smallest absolute Gasteiger partial charge is 0.0958 e. The van der Waals surface area contributed by atoms with Crippen molar-refractivity contribution in [2.24, 2.45) is 0 Å². The molecule has 0 atom stereocenters. The van der Waals surface area contributed by atoms with Crippen LogP contribution >= 0.6 is 0 Å². The molecule has 0 spiro atoms. The van der Waals surface area contributed by atoms with Crippen LogP contribution in [-0.4, -0.2) is 47.2 Å². The van der Waals surface area contributed by atoms with E-state index in [1.54, 1.807) is 0 Å². The molecular weight excluding hydrogens is 212 g/mol. The van der Waals surface area contributed by atoms with E-state index in [1.807, 2.05) is 12.4 Å². The van der Waals surface area contributed by atoms with Gasteiger partial charge < -0.3 is 9.88 Å². The molecule has 1 aromatic heterocycles. The maximum Gasteiger partial charge on any atom is 0.0958 e. The average Bonchev–Trinajstić information content (AvgIpc) is 2.81. The van der Waals surface area contributed by atoms with E-state index in [1.165, 1.54) is 5.52 Å². The molecule has 1 aliphatic heterocycles. The van der Waals surface area contributed by atoms with Gasteiger partial charge in [0.25, 0.3) is 0 Å². The van der Waals surface area contributed by atoms with E-state index in [0.29, 0.717) is 0 Å². The SMILES string of the molecule is c1ccc2c(c1)ncn2CCN1CCNCC1. The lowest BCUT2D eigenvalue weighted by molar-refractivity contribution is 0.233. The summed E-state index contributed by atoms with van der Waals surface area (Å²) in [6.45, 7) is 6.69. The van der Waals surface area contributed by atoms with Crippen molar-refractivity contribution in [3.05, 3.63) is 30.6 Å². The molecule has 4 nitrogen and oxygen atoms in total. The topological polar surface area (TPSA) is 33.1 Å². The lowest BCUT2D eigenvalue weighted by atomic mass is 10.3. The molecule has 0 radical (unpaired) electrons. The summed E-state index contributed by atoms with van der Waals surface area (Å²) in [5.41, 5.74) is 2.33. The summed E-state index contributed by atoms with van der Waals surface area (Å²) in [4.78, 5) is 6.92. The highest BCUT2D eigenvalue weighted by Gasteiger charge is 2.09. The van der Waals surface area contributed by atoms with Crippen LogP contribution in [0.15, 0.2) is 30.6 Å². The number of rotatable bonds is 3. The fraction of sp³-hybridized carbons (Fsp3) is 0.462. The highest BCUT2D eigenvalue weighted by Crippen LogP contribution is 2.11. The number of piperazine rings is 1. The van der Waals surface area contributed by atoms with Crippen LogP contribution in [0.5, 0.6) is 0 Å². The van der Waals surface area contributed by atoms with E-state index in [2.05, 4.69) is 38.0 Å². The van der Waals surface area contributed by atoms with Crippen LogP contribution in [0.1, 0.15) is 0 Å². The van der Waals surface area contributed by atoms with Gasteiger partial charge in [0.05, 0.1) is 17.4 Å². The zero-order chi connectivity index (χ0) is 11.5. The normalized spacial score (nSPS) is 17.6. The zero-order valence-corrected chi connectivity index (χ0v) is 9.97. The van der Waals surface area contributed by atoms with Crippen molar-refractivity contribution in [2.45, 2.75) is 6.54 Å². The number of aromatic nitrogens is 2. The summed E-state index contributed by atoms with van der Waals surface area (Å²) < 4.78 is 2.25. The van der Waals surface area contributed by atoms with Crippen molar-refractivity contribution in [2.75, 3.05) is 32.7 Å². The predicted octanol–water partition coefficient (Wildman–Crippen LogP) is 0.941. The molecule has 2 heterocycles. The maximum atomic E-state index is 4.41. The lowest BCUT2D eigenvalue weighted by Crippen LogP contribution is -2.44. The molecule has 1 fully saturated rings. The molecule has 0 aliphatic carbocycles. The van der Waals surface area contributed by atoms with Gasteiger partial charge >= 0.3 is 0 Å². The molecule has 0 amide bonds. The van der Waals surface area contributed by atoms with Crippen molar-refractivity contribution < 1.29 is 0 Å². The molecule has 1 N–H and O–H groups in total. The third-order valence-electron chi connectivity index (χ3n) is 3.39. The van der Waals surface area contributed by atoms with E-state index in [-0.39, 0.29) is 0 Å². The van der Waals surface area contributed by atoms with Gasteiger partial charge in [-0.05, 0) is 12.1 Å². The van der Waals surface area contributed by atoms with E-state index in [9.17, 15) is 0 Å². The van der Waals surface area contributed by atoms with Crippen LogP contribution in [0, 0.1) is 0 Å². The number of nitrogens with one attached hydrogen (secondary N) is 1. The van der Waals surface area contributed by atoms with Gasteiger partial charge in [-0.3, -0.25) is 4.90 Å². The van der Waals surface area contributed by atoms with Gasteiger partial charge in [-0.1, -0.05) is 12.1 Å². The Hall–Kier alpha value is -1.39. The highest BCUT2D eigenvalue weighted by molar-refractivity contribution is 5.74. The molecule has 3 rings (SSSR count). The highest BCUT2D eigenvalue weighted by atomic mass is 15.2. The van der Waals surface area contributed by atoms with Crippen molar-refractivity contribution in [3.63, 3.8) is 0 Å². The molecule has 90 valence electrons. The first-order valence-corrected chi connectivity index (χ1v) is 6.26. The number of fused-ring (bicyclic) bond motifs is 1. The second-order valence-corrected chi connectivity index (χ2v) is 4.52. The molecular formula is C13H18N4. The van der Waals surface area contributed by atoms with Gasteiger partial charge in [-0.2, -0.15) is 0 Å². The number of para-hydroxylation sites is 2. The van der Waals surface area contributed by atoms with Crippen molar-refractivity contribution in [3.8, 4) is 0 Å². The number of nitrogens with zero attached hydrogens (tertiary/aromatic N) is 3. The average molecular weight is 230 g/mol. The van der Waals surface area contributed by atoms with Crippen molar-refractivity contribution in [1.82, 2.24) is 19.8 Å². The van der Waals surface area contributed by atoms with Crippen LogP contribution in [0.3, 0.4) is 0 Å². The molecule has 4 heteroatoms. The van der Waals surface area contributed by atoms with Gasteiger partial charge in [0.15, 0.2) is 0 Å².